The summed E-state index contributed by atoms with van der Waals surface area (Å²) in [6.45, 7) is 1.91. The zero-order valence-electron chi connectivity index (χ0n) is 11.7. The summed E-state index contributed by atoms with van der Waals surface area (Å²) in [6, 6.07) is 10.4. The topological polar surface area (TPSA) is 64.4 Å². The van der Waals surface area contributed by atoms with Gasteiger partial charge >= 0.3 is 0 Å². The molecule has 0 saturated carbocycles. The Kier molecular flexibility index (Phi) is 4.37. The Bertz CT molecular complexity index is 644. The molecule has 2 aromatic carbocycles. The number of nitrogens with one attached hydrogen (secondary N) is 1. The molecule has 0 fully saturated rings. The maximum absolute atomic E-state index is 13.1. The molecule has 0 bridgehead atoms. The fourth-order valence-electron chi connectivity index (χ4n) is 1.99. The summed E-state index contributed by atoms with van der Waals surface area (Å²) in [6.07, 6.45) is 0. The molecule has 0 saturated heterocycles. The predicted octanol–water partition coefficient (Wildman–Crippen LogP) is 3.92. The maximum Gasteiger partial charge on any atom is 0.269 e. The minimum atomic E-state index is -0.440. The van der Waals surface area contributed by atoms with Gasteiger partial charge in [0.1, 0.15) is 11.6 Å². The number of halogens is 1. The van der Waals surface area contributed by atoms with Gasteiger partial charge in [0.2, 0.25) is 0 Å². The summed E-state index contributed by atoms with van der Waals surface area (Å²) in [7, 11) is 1.47. The van der Waals surface area contributed by atoms with Crippen molar-refractivity contribution in [2.45, 2.75) is 13.0 Å². The van der Waals surface area contributed by atoms with Crippen LogP contribution in [0, 0.1) is 15.9 Å². The molecule has 1 atom stereocenters. The van der Waals surface area contributed by atoms with Gasteiger partial charge in [-0.05, 0) is 24.6 Å². The van der Waals surface area contributed by atoms with Gasteiger partial charge in [-0.1, -0.05) is 12.1 Å². The summed E-state index contributed by atoms with van der Waals surface area (Å²) in [5.74, 6) is 0.0316. The second-order valence-corrected chi connectivity index (χ2v) is 4.56. The van der Waals surface area contributed by atoms with Crippen LogP contribution in [0.1, 0.15) is 18.5 Å². The summed E-state index contributed by atoms with van der Waals surface area (Å²) < 4.78 is 18.3. The van der Waals surface area contributed by atoms with Crippen LogP contribution in [0.2, 0.25) is 0 Å². The highest BCUT2D eigenvalue weighted by molar-refractivity contribution is 5.57. The molecule has 5 nitrogen and oxygen atoms in total. The van der Waals surface area contributed by atoms with Crippen molar-refractivity contribution in [2.24, 2.45) is 0 Å². The van der Waals surface area contributed by atoms with E-state index >= 15 is 0 Å². The quantitative estimate of drug-likeness (QED) is 0.669. The Morgan fingerprint density at radius 1 is 1.24 bits per heavy atom. The molecule has 0 aliphatic carbocycles. The number of nitro groups is 1. The second kappa shape index (κ2) is 6.21. The van der Waals surface area contributed by atoms with E-state index in [0.29, 0.717) is 11.4 Å². The zero-order chi connectivity index (χ0) is 15.4. The van der Waals surface area contributed by atoms with Crippen molar-refractivity contribution in [3.8, 4) is 5.75 Å². The van der Waals surface area contributed by atoms with E-state index in [9.17, 15) is 14.5 Å². The summed E-state index contributed by atoms with van der Waals surface area (Å²) in [4.78, 5) is 10.2. The third-order valence-corrected chi connectivity index (χ3v) is 3.14. The van der Waals surface area contributed by atoms with E-state index in [1.54, 1.807) is 18.2 Å². The van der Waals surface area contributed by atoms with Gasteiger partial charge in [0, 0.05) is 24.2 Å². The van der Waals surface area contributed by atoms with Crippen LogP contribution in [0.25, 0.3) is 0 Å². The molecule has 0 aliphatic rings. The Morgan fingerprint density at radius 2 is 1.90 bits per heavy atom. The van der Waals surface area contributed by atoms with Gasteiger partial charge in [0.25, 0.3) is 5.69 Å². The summed E-state index contributed by atoms with van der Waals surface area (Å²) >= 11 is 0. The summed E-state index contributed by atoms with van der Waals surface area (Å²) in [5, 5.41) is 13.8. The number of anilines is 1. The van der Waals surface area contributed by atoms with Crippen LogP contribution in [0.3, 0.4) is 0 Å². The lowest BCUT2D eigenvalue weighted by atomic mass is 10.1. The van der Waals surface area contributed by atoms with Crippen molar-refractivity contribution < 1.29 is 14.1 Å². The first-order valence-electron chi connectivity index (χ1n) is 6.35. The van der Waals surface area contributed by atoms with Crippen LogP contribution in [-0.4, -0.2) is 12.0 Å². The third kappa shape index (κ3) is 3.47. The predicted molar refractivity (Wildman–Crippen MR) is 78.1 cm³/mol. The maximum atomic E-state index is 13.1. The average molecular weight is 290 g/mol. The normalized spacial score (nSPS) is 11.8. The Labute approximate surface area is 121 Å². The van der Waals surface area contributed by atoms with Crippen molar-refractivity contribution in [2.75, 3.05) is 12.4 Å². The monoisotopic (exact) mass is 290 g/mol. The minimum absolute atomic E-state index is 0.0466. The van der Waals surface area contributed by atoms with Crippen molar-refractivity contribution in [1.29, 1.82) is 0 Å². The highest BCUT2D eigenvalue weighted by atomic mass is 19.1. The molecule has 21 heavy (non-hydrogen) atoms. The number of methoxy groups -OCH3 is 1. The lowest BCUT2D eigenvalue weighted by Gasteiger charge is -2.17. The SMILES string of the molecule is COc1cc(F)ccc1NC(C)c1ccc([N+](=O)[O-])cc1. The number of hydrogen-bond acceptors (Lipinski definition) is 4. The first-order chi connectivity index (χ1) is 10.0. The molecule has 1 unspecified atom stereocenters. The molecule has 0 spiro atoms. The average Bonchev–Trinajstić information content (AvgIpc) is 2.49. The van der Waals surface area contributed by atoms with Gasteiger partial charge in [-0.3, -0.25) is 10.1 Å². The van der Waals surface area contributed by atoms with E-state index in [2.05, 4.69) is 5.32 Å². The highest BCUT2D eigenvalue weighted by Crippen LogP contribution is 2.29. The van der Waals surface area contributed by atoms with Crippen molar-refractivity contribution in [1.82, 2.24) is 0 Å². The van der Waals surface area contributed by atoms with Gasteiger partial charge in [0.05, 0.1) is 17.7 Å². The molecule has 0 heterocycles. The van der Waals surface area contributed by atoms with Crippen LogP contribution in [0.5, 0.6) is 5.75 Å². The Morgan fingerprint density at radius 3 is 2.48 bits per heavy atom. The molecule has 0 amide bonds. The number of hydrogen-bond donors (Lipinski definition) is 1. The number of ether oxygens (including phenoxy) is 1. The van der Waals surface area contributed by atoms with Gasteiger partial charge in [-0.25, -0.2) is 4.39 Å². The standard InChI is InChI=1S/C15H15FN2O3/c1-10(11-3-6-13(7-4-11)18(19)20)17-14-8-5-12(16)9-15(14)21-2/h3-10,17H,1-2H3. The molecule has 110 valence electrons. The van der Waals surface area contributed by atoms with Gasteiger partial charge in [-0.2, -0.15) is 0 Å². The van der Waals surface area contributed by atoms with Crippen LogP contribution in [-0.2, 0) is 0 Å². The molecule has 1 N–H and O–H groups in total. The Balaban J connectivity index is 2.17. The van der Waals surface area contributed by atoms with Gasteiger partial charge in [-0.15, -0.1) is 0 Å². The summed E-state index contributed by atoms with van der Waals surface area (Å²) in [5.41, 5.74) is 1.59. The van der Waals surface area contributed by atoms with Gasteiger partial charge in [0.15, 0.2) is 0 Å². The van der Waals surface area contributed by atoms with Crippen LogP contribution in [0.4, 0.5) is 15.8 Å². The number of rotatable bonds is 5. The molecule has 2 aromatic rings. The molecular formula is C15H15FN2O3. The van der Waals surface area contributed by atoms with E-state index in [1.807, 2.05) is 6.92 Å². The van der Waals surface area contributed by atoms with Crippen LogP contribution < -0.4 is 10.1 Å². The van der Waals surface area contributed by atoms with Crippen LogP contribution >= 0.6 is 0 Å². The second-order valence-electron chi connectivity index (χ2n) is 4.56. The van der Waals surface area contributed by atoms with Crippen molar-refractivity contribution >= 4 is 11.4 Å². The first kappa shape index (κ1) is 14.8. The largest absolute Gasteiger partial charge is 0.494 e. The molecule has 6 heteroatoms. The number of non-ortho nitro benzene ring substituents is 1. The van der Waals surface area contributed by atoms with Crippen molar-refractivity contribution in [3.63, 3.8) is 0 Å². The first-order valence-corrected chi connectivity index (χ1v) is 6.35. The van der Waals surface area contributed by atoms with Gasteiger partial charge < -0.3 is 10.1 Å². The zero-order valence-corrected chi connectivity index (χ0v) is 11.7. The fourth-order valence-corrected chi connectivity index (χ4v) is 1.99. The van der Waals surface area contributed by atoms with E-state index in [0.717, 1.165) is 5.56 Å². The van der Waals surface area contributed by atoms with E-state index in [-0.39, 0.29) is 17.5 Å². The third-order valence-electron chi connectivity index (χ3n) is 3.14. The number of benzene rings is 2. The fraction of sp³-hybridized carbons (Fsp3) is 0.200. The molecule has 0 radical (unpaired) electrons. The number of nitro benzene ring substituents is 1. The molecule has 2 rings (SSSR count). The van der Waals surface area contributed by atoms with E-state index < -0.39 is 4.92 Å². The Hall–Kier alpha value is -2.63. The van der Waals surface area contributed by atoms with Crippen molar-refractivity contribution in [3.05, 3.63) is 64.0 Å². The highest BCUT2D eigenvalue weighted by Gasteiger charge is 2.11. The molecule has 0 aromatic heterocycles. The molecule has 0 aliphatic heterocycles. The van der Waals surface area contributed by atoms with E-state index in [4.69, 9.17) is 4.74 Å². The lowest BCUT2D eigenvalue weighted by Crippen LogP contribution is -2.08. The van der Waals surface area contributed by atoms with Crippen LogP contribution in [0.15, 0.2) is 42.5 Å². The van der Waals surface area contributed by atoms with E-state index in [1.165, 1.54) is 31.4 Å². The smallest absolute Gasteiger partial charge is 0.269 e. The lowest BCUT2D eigenvalue weighted by molar-refractivity contribution is -0.384. The molecular weight excluding hydrogens is 275 g/mol. The minimum Gasteiger partial charge on any atom is -0.494 e. The number of nitrogens with zero attached hydrogens (tertiary/aromatic N) is 1.